The molecule has 6 nitrogen and oxygen atoms in total. The first-order chi connectivity index (χ1) is 15.4. The number of rotatable bonds is 7. The van der Waals surface area contributed by atoms with Crippen molar-refractivity contribution in [3.8, 4) is 5.75 Å². The number of hydrogen-bond donors (Lipinski definition) is 2. The molecule has 2 amide bonds. The van der Waals surface area contributed by atoms with E-state index in [0.29, 0.717) is 27.9 Å². The molecule has 2 N–H and O–H groups in total. The molecule has 3 aromatic rings. The first-order valence-corrected chi connectivity index (χ1v) is 11.7. The zero-order valence-electron chi connectivity index (χ0n) is 17.9. The lowest BCUT2D eigenvalue weighted by Crippen LogP contribution is -2.31. The van der Waals surface area contributed by atoms with Crippen LogP contribution in [0.25, 0.3) is 0 Å². The van der Waals surface area contributed by atoms with Gasteiger partial charge in [-0.2, -0.15) is 0 Å². The first kappa shape index (κ1) is 22.3. The van der Waals surface area contributed by atoms with Crippen LogP contribution in [0, 0.1) is 6.92 Å². The van der Waals surface area contributed by atoms with Crippen molar-refractivity contribution in [3.05, 3.63) is 74.9 Å². The highest BCUT2D eigenvalue weighted by molar-refractivity contribution is 7.17. The van der Waals surface area contributed by atoms with Gasteiger partial charge in [0.2, 0.25) is 0 Å². The van der Waals surface area contributed by atoms with Crippen LogP contribution in [0.2, 0.25) is 5.02 Å². The summed E-state index contributed by atoms with van der Waals surface area (Å²) >= 11 is 7.54. The topological polar surface area (TPSA) is 80.3 Å². The Morgan fingerprint density at radius 1 is 1.28 bits per heavy atom. The number of nitrogens with zero attached hydrogens (tertiary/aromatic N) is 1. The molecule has 0 spiro atoms. The van der Waals surface area contributed by atoms with Crippen LogP contribution in [0.3, 0.4) is 0 Å². The van der Waals surface area contributed by atoms with E-state index in [-0.39, 0.29) is 11.8 Å². The number of aryl methyl sites for hydroxylation is 2. The van der Waals surface area contributed by atoms with E-state index in [1.807, 2.05) is 19.1 Å². The highest BCUT2D eigenvalue weighted by Crippen LogP contribution is 2.39. The van der Waals surface area contributed by atoms with Crippen molar-refractivity contribution in [1.29, 1.82) is 0 Å². The van der Waals surface area contributed by atoms with Crippen molar-refractivity contribution in [3.63, 3.8) is 0 Å². The fourth-order valence-corrected chi connectivity index (χ4v) is 5.07. The number of aromatic nitrogens is 1. The van der Waals surface area contributed by atoms with Crippen molar-refractivity contribution in [2.45, 2.75) is 45.8 Å². The number of thiophene rings is 1. The number of amides is 2. The van der Waals surface area contributed by atoms with Gasteiger partial charge in [0.05, 0.1) is 5.56 Å². The Morgan fingerprint density at radius 2 is 2.12 bits per heavy atom. The van der Waals surface area contributed by atoms with Gasteiger partial charge in [0, 0.05) is 28.8 Å². The van der Waals surface area contributed by atoms with E-state index in [9.17, 15) is 9.59 Å². The largest absolute Gasteiger partial charge is 0.481 e. The summed E-state index contributed by atoms with van der Waals surface area (Å²) in [5.41, 5.74) is 3.39. The van der Waals surface area contributed by atoms with Crippen LogP contribution < -0.4 is 15.4 Å². The van der Waals surface area contributed by atoms with Crippen molar-refractivity contribution in [1.82, 2.24) is 10.3 Å². The second-order valence-corrected chi connectivity index (χ2v) is 9.28. The van der Waals surface area contributed by atoms with Crippen LogP contribution in [0.4, 0.5) is 5.00 Å². The first-order valence-electron chi connectivity index (χ1n) is 10.5. The Labute approximate surface area is 196 Å². The predicted octanol–water partition coefficient (Wildman–Crippen LogP) is 4.93. The van der Waals surface area contributed by atoms with Crippen LogP contribution >= 0.6 is 22.9 Å². The van der Waals surface area contributed by atoms with Gasteiger partial charge >= 0.3 is 0 Å². The highest BCUT2D eigenvalue weighted by Gasteiger charge is 2.28. The molecule has 0 fully saturated rings. The predicted molar refractivity (Wildman–Crippen MR) is 127 cm³/mol. The molecule has 0 saturated carbocycles. The third-order valence-electron chi connectivity index (χ3n) is 5.37. The normalized spacial score (nSPS) is 13.3. The molecule has 8 heteroatoms. The van der Waals surface area contributed by atoms with E-state index < -0.39 is 6.10 Å². The Kier molecular flexibility index (Phi) is 6.77. The molecule has 0 saturated heterocycles. The zero-order valence-corrected chi connectivity index (χ0v) is 19.5. The number of hydrogen-bond acceptors (Lipinski definition) is 5. The summed E-state index contributed by atoms with van der Waals surface area (Å²) in [6, 6.07) is 9.01. The van der Waals surface area contributed by atoms with Gasteiger partial charge in [0.25, 0.3) is 11.8 Å². The molecule has 166 valence electrons. The fourth-order valence-electron chi connectivity index (χ4n) is 3.67. The molecule has 0 aliphatic heterocycles. The van der Waals surface area contributed by atoms with Gasteiger partial charge in [-0.1, -0.05) is 17.7 Å². The molecular weight excluding hydrogens is 446 g/mol. The second-order valence-electron chi connectivity index (χ2n) is 7.77. The quantitative estimate of drug-likeness (QED) is 0.514. The Hall–Kier alpha value is -2.90. The van der Waals surface area contributed by atoms with E-state index >= 15 is 0 Å². The number of pyridine rings is 1. The average Bonchev–Trinajstić information content (AvgIpc) is 3.36. The summed E-state index contributed by atoms with van der Waals surface area (Å²) in [6.07, 6.45) is 5.47. The van der Waals surface area contributed by atoms with E-state index in [1.54, 1.807) is 37.5 Å². The molecular formula is C24H24ClN3O3S. The van der Waals surface area contributed by atoms with Crippen LogP contribution in [0.15, 0.2) is 42.7 Å². The van der Waals surface area contributed by atoms with Crippen molar-refractivity contribution < 1.29 is 14.3 Å². The lowest BCUT2D eigenvalue weighted by molar-refractivity contribution is -0.122. The van der Waals surface area contributed by atoms with E-state index in [0.717, 1.165) is 40.8 Å². The number of benzene rings is 1. The maximum atomic E-state index is 13.1. The Balaban J connectivity index is 1.47. The number of carbonyl (C=O) groups excluding carboxylic acids is 2. The molecule has 1 atom stereocenters. The lowest BCUT2D eigenvalue weighted by Gasteiger charge is -2.16. The molecule has 1 aliphatic rings. The van der Waals surface area contributed by atoms with Crippen molar-refractivity contribution in [2.75, 3.05) is 5.32 Å². The summed E-state index contributed by atoms with van der Waals surface area (Å²) in [5.74, 6) is 0.0712. The van der Waals surface area contributed by atoms with Gasteiger partial charge in [0.15, 0.2) is 6.10 Å². The third kappa shape index (κ3) is 4.95. The SMILES string of the molecule is Cc1cc(OC(C)C(=O)Nc2sc3c(c2C(=O)NCc2cccnc2)CCC3)ccc1Cl. The van der Waals surface area contributed by atoms with E-state index in [4.69, 9.17) is 16.3 Å². The molecule has 1 aliphatic carbocycles. The number of carbonyl (C=O) groups is 2. The third-order valence-corrected chi connectivity index (χ3v) is 7.00. The smallest absolute Gasteiger partial charge is 0.265 e. The maximum Gasteiger partial charge on any atom is 0.265 e. The maximum absolute atomic E-state index is 13.1. The average molecular weight is 470 g/mol. The van der Waals surface area contributed by atoms with Gasteiger partial charge in [-0.25, -0.2) is 0 Å². The minimum absolute atomic E-state index is 0.189. The van der Waals surface area contributed by atoms with Crippen molar-refractivity contribution in [2.24, 2.45) is 0 Å². The highest BCUT2D eigenvalue weighted by atomic mass is 35.5. The number of fused-ring (bicyclic) bond motifs is 1. The van der Waals surface area contributed by atoms with Crippen LogP contribution in [-0.2, 0) is 24.2 Å². The zero-order chi connectivity index (χ0) is 22.7. The molecule has 2 aromatic heterocycles. The Bertz CT molecular complexity index is 1150. The van der Waals surface area contributed by atoms with Crippen molar-refractivity contribution >= 4 is 39.8 Å². The monoisotopic (exact) mass is 469 g/mol. The number of nitrogens with one attached hydrogen (secondary N) is 2. The molecule has 1 aromatic carbocycles. The summed E-state index contributed by atoms with van der Waals surface area (Å²) in [7, 11) is 0. The van der Waals surface area contributed by atoms with Gasteiger partial charge in [0.1, 0.15) is 10.8 Å². The van der Waals surface area contributed by atoms with Crippen LogP contribution in [-0.4, -0.2) is 22.9 Å². The lowest BCUT2D eigenvalue weighted by atomic mass is 10.1. The Morgan fingerprint density at radius 3 is 2.88 bits per heavy atom. The van der Waals surface area contributed by atoms with E-state index in [2.05, 4.69) is 15.6 Å². The summed E-state index contributed by atoms with van der Waals surface area (Å²) in [6.45, 7) is 3.94. The number of halogens is 1. The van der Waals surface area contributed by atoms with Gasteiger partial charge in [-0.15, -0.1) is 11.3 Å². The molecule has 32 heavy (non-hydrogen) atoms. The summed E-state index contributed by atoms with van der Waals surface area (Å²) in [5, 5.41) is 7.10. The number of ether oxygens (including phenoxy) is 1. The minimum atomic E-state index is -0.737. The van der Waals surface area contributed by atoms with Gasteiger partial charge in [-0.05, 0) is 74.1 Å². The second kappa shape index (κ2) is 9.71. The molecule has 1 unspecified atom stereocenters. The summed E-state index contributed by atoms with van der Waals surface area (Å²) in [4.78, 5) is 31.1. The minimum Gasteiger partial charge on any atom is -0.481 e. The van der Waals surface area contributed by atoms with Gasteiger partial charge in [-0.3, -0.25) is 14.6 Å². The van der Waals surface area contributed by atoms with Crippen LogP contribution in [0.1, 0.15) is 45.3 Å². The van der Waals surface area contributed by atoms with Gasteiger partial charge < -0.3 is 15.4 Å². The molecule has 2 heterocycles. The molecule has 4 rings (SSSR count). The molecule has 0 radical (unpaired) electrons. The standard InChI is InChI=1S/C24H24ClN3O3S/c1-14-11-17(8-9-19(14)25)31-15(2)22(29)28-24-21(18-6-3-7-20(18)32-24)23(30)27-13-16-5-4-10-26-12-16/h4-5,8-12,15H,3,6-7,13H2,1-2H3,(H,27,30)(H,28,29). The number of anilines is 1. The molecule has 0 bridgehead atoms. The fraction of sp³-hybridized carbons (Fsp3) is 0.292. The van der Waals surface area contributed by atoms with E-state index in [1.165, 1.54) is 11.3 Å². The van der Waals surface area contributed by atoms with Crippen LogP contribution in [0.5, 0.6) is 5.75 Å². The summed E-state index contributed by atoms with van der Waals surface area (Å²) < 4.78 is 5.79.